The van der Waals surface area contributed by atoms with Crippen LogP contribution in [0.5, 0.6) is 0 Å². The Labute approximate surface area is 205 Å². The predicted octanol–water partition coefficient (Wildman–Crippen LogP) is 3.77. The Balaban J connectivity index is 1.54. The maximum absolute atomic E-state index is 13.2. The minimum Gasteiger partial charge on any atom is -0.338 e. The average molecular weight is 499 g/mol. The highest BCUT2D eigenvalue weighted by atomic mass is 32.2. The van der Waals surface area contributed by atoms with E-state index < -0.39 is 9.84 Å². The van der Waals surface area contributed by atoms with Gasteiger partial charge in [0, 0.05) is 24.7 Å². The second-order valence-electron chi connectivity index (χ2n) is 8.52. The zero-order valence-electron chi connectivity index (χ0n) is 19.3. The molecule has 1 aliphatic rings. The number of hydrogen-bond acceptors (Lipinski definition) is 6. The van der Waals surface area contributed by atoms with Crippen LogP contribution in [0.15, 0.2) is 65.8 Å². The molecule has 3 aromatic rings. The molecule has 0 radical (unpaired) electrons. The zero-order chi connectivity index (χ0) is 24.0. The number of aromatic nitrogens is 3. The summed E-state index contributed by atoms with van der Waals surface area (Å²) in [5.74, 6) is 1.17. The highest BCUT2D eigenvalue weighted by Gasteiger charge is 2.34. The van der Waals surface area contributed by atoms with Gasteiger partial charge >= 0.3 is 0 Å². The van der Waals surface area contributed by atoms with Crippen LogP contribution in [0.2, 0.25) is 0 Å². The molecule has 34 heavy (non-hydrogen) atoms. The molecule has 7 nitrogen and oxygen atoms in total. The first-order valence-corrected chi connectivity index (χ1v) is 14.4. The van der Waals surface area contributed by atoms with E-state index in [2.05, 4.69) is 29.3 Å². The monoisotopic (exact) mass is 498 g/mol. The number of unbranched alkanes of at least 4 members (excludes halogenated alkanes) is 1. The zero-order valence-corrected chi connectivity index (χ0v) is 21.0. The van der Waals surface area contributed by atoms with Gasteiger partial charge in [0.2, 0.25) is 5.91 Å². The maximum atomic E-state index is 13.2. The highest BCUT2D eigenvalue weighted by molar-refractivity contribution is 7.99. The average Bonchev–Trinajstić information content (AvgIpc) is 3.41. The van der Waals surface area contributed by atoms with Crippen molar-refractivity contribution in [3.63, 3.8) is 0 Å². The molecule has 2 heterocycles. The van der Waals surface area contributed by atoms with Crippen molar-refractivity contribution in [1.29, 1.82) is 0 Å². The van der Waals surface area contributed by atoms with E-state index in [9.17, 15) is 13.2 Å². The summed E-state index contributed by atoms with van der Waals surface area (Å²) in [7, 11) is -3.06. The quantitative estimate of drug-likeness (QED) is 0.396. The lowest BCUT2D eigenvalue weighted by Gasteiger charge is -2.28. The Morgan fingerprint density at radius 2 is 1.79 bits per heavy atom. The molecular formula is C25H30N4O3S2. The molecule has 1 fully saturated rings. The number of sulfone groups is 1. The molecular weight excluding hydrogens is 468 g/mol. The number of thioether (sulfide) groups is 1. The summed E-state index contributed by atoms with van der Waals surface area (Å²) in [6, 6.07) is 19.8. The molecule has 1 amide bonds. The van der Waals surface area contributed by atoms with Gasteiger partial charge < -0.3 is 4.90 Å². The van der Waals surface area contributed by atoms with Crippen LogP contribution >= 0.6 is 11.8 Å². The van der Waals surface area contributed by atoms with Gasteiger partial charge in [-0.25, -0.2) is 8.42 Å². The van der Waals surface area contributed by atoms with Gasteiger partial charge in [0.25, 0.3) is 0 Å². The fraction of sp³-hybridized carbons (Fsp3) is 0.400. The molecule has 1 aliphatic heterocycles. The summed E-state index contributed by atoms with van der Waals surface area (Å²) in [6.45, 7) is 2.65. The van der Waals surface area contributed by atoms with Crippen LogP contribution in [0, 0.1) is 0 Å². The molecule has 0 spiro atoms. The fourth-order valence-corrected chi connectivity index (χ4v) is 6.78. The number of hydrogen-bond donors (Lipinski definition) is 0. The molecule has 1 unspecified atom stereocenters. The summed E-state index contributed by atoms with van der Waals surface area (Å²) < 4.78 is 26.0. The minimum absolute atomic E-state index is 0.0484. The van der Waals surface area contributed by atoms with Crippen molar-refractivity contribution in [2.45, 2.75) is 43.8 Å². The molecule has 0 bridgehead atoms. The van der Waals surface area contributed by atoms with Crippen LogP contribution in [0.4, 0.5) is 0 Å². The molecule has 1 atom stereocenters. The van der Waals surface area contributed by atoms with Crippen molar-refractivity contribution < 1.29 is 13.2 Å². The summed E-state index contributed by atoms with van der Waals surface area (Å²) in [4.78, 5) is 15.0. The van der Waals surface area contributed by atoms with Crippen molar-refractivity contribution in [3.05, 3.63) is 72.1 Å². The molecule has 0 saturated carbocycles. The van der Waals surface area contributed by atoms with Crippen molar-refractivity contribution in [2.24, 2.45) is 0 Å². The van der Waals surface area contributed by atoms with Gasteiger partial charge in [0.15, 0.2) is 15.0 Å². The van der Waals surface area contributed by atoms with Crippen molar-refractivity contribution in [2.75, 3.05) is 23.8 Å². The number of carbonyl (C=O) groups is 1. The second kappa shape index (κ2) is 11.2. The van der Waals surface area contributed by atoms with Gasteiger partial charge in [-0.15, -0.1) is 10.2 Å². The largest absolute Gasteiger partial charge is 0.338 e. The second-order valence-corrected chi connectivity index (χ2v) is 11.7. The number of carbonyl (C=O) groups excluding carboxylic acids is 1. The van der Waals surface area contributed by atoms with E-state index in [0.29, 0.717) is 24.5 Å². The lowest BCUT2D eigenvalue weighted by Crippen LogP contribution is -2.42. The lowest BCUT2D eigenvalue weighted by molar-refractivity contribution is -0.130. The van der Waals surface area contributed by atoms with E-state index >= 15 is 0 Å². The summed E-state index contributed by atoms with van der Waals surface area (Å²) in [5.41, 5.74) is 2.07. The van der Waals surface area contributed by atoms with E-state index in [0.717, 1.165) is 29.9 Å². The molecule has 1 aromatic heterocycles. The molecule has 1 saturated heterocycles. The summed E-state index contributed by atoms with van der Waals surface area (Å²) >= 11 is 1.35. The standard InChI is InChI=1S/C25H30N4O3S2/c1-2-3-15-28(22-14-16-34(31,32)19-22)24(30)18-33-25-27-26-23(17-20-10-6-4-7-11-20)29(25)21-12-8-5-9-13-21/h4-13,22H,2-3,14-19H2,1H3. The Hall–Kier alpha value is -2.65. The number of para-hydroxylation sites is 1. The van der Waals surface area contributed by atoms with Crippen LogP contribution in [0.3, 0.4) is 0 Å². The number of amides is 1. The third-order valence-electron chi connectivity index (χ3n) is 5.97. The lowest BCUT2D eigenvalue weighted by atomic mass is 10.1. The van der Waals surface area contributed by atoms with E-state index in [-0.39, 0.29) is 29.2 Å². The van der Waals surface area contributed by atoms with Gasteiger partial charge in [-0.05, 0) is 30.5 Å². The van der Waals surface area contributed by atoms with Crippen molar-refractivity contribution in [1.82, 2.24) is 19.7 Å². The normalized spacial score (nSPS) is 17.0. The van der Waals surface area contributed by atoms with Crippen LogP contribution < -0.4 is 0 Å². The number of benzene rings is 2. The Morgan fingerprint density at radius 1 is 1.09 bits per heavy atom. The SMILES string of the molecule is CCCCN(C(=O)CSc1nnc(Cc2ccccc2)n1-c1ccccc1)C1CCS(=O)(=O)C1. The molecule has 9 heteroatoms. The third kappa shape index (κ3) is 6.07. The molecule has 4 rings (SSSR count). The smallest absolute Gasteiger partial charge is 0.233 e. The Kier molecular flexibility index (Phi) is 8.05. The van der Waals surface area contributed by atoms with Gasteiger partial charge in [0.05, 0.1) is 17.3 Å². The van der Waals surface area contributed by atoms with Crippen LogP contribution in [-0.2, 0) is 21.1 Å². The first-order valence-electron chi connectivity index (χ1n) is 11.6. The van der Waals surface area contributed by atoms with Gasteiger partial charge in [-0.2, -0.15) is 0 Å². The van der Waals surface area contributed by atoms with Gasteiger partial charge in [-0.3, -0.25) is 9.36 Å². The molecule has 2 aromatic carbocycles. The third-order valence-corrected chi connectivity index (χ3v) is 8.63. The maximum Gasteiger partial charge on any atom is 0.233 e. The van der Waals surface area contributed by atoms with Gasteiger partial charge in [0.1, 0.15) is 5.82 Å². The van der Waals surface area contributed by atoms with E-state index in [1.807, 2.05) is 53.1 Å². The van der Waals surface area contributed by atoms with Gasteiger partial charge in [-0.1, -0.05) is 73.6 Å². The van der Waals surface area contributed by atoms with Crippen LogP contribution in [-0.4, -0.2) is 63.8 Å². The fourth-order valence-electron chi connectivity index (χ4n) is 4.19. The topological polar surface area (TPSA) is 85.2 Å². The first kappa shape index (κ1) is 24.5. The minimum atomic E-state index is -3.06. The summed E-state index contributed by atoms with van der Waals surface area (Å²) in [6.07, 6.45) is 2.94. The predicted molar refractivity (Wildman–Crippen MR) is 135 cm³/mol. The van der Waals surface area contributed by atoms with E-state index in [4.69, 9.17) is 0 Å². The van der Waals surface area contributed by atoms with Crippen LogP contribution in [0.25, 0.3) is 5.69 Å². The van der Waals surface area contributed by atoms with E-state index in [1.165, 1.54) is 11.8 Å². The molecule has 0 N–H and O–H groups in total. The molecule has 0 aliphatic carbocycles. The molecule has 180 valence electrons. The van der Waals surface area contributed by atoms with Crippen molar-refractivity contribution in [3.8, 4) is 5.69 Å². The number of rotatable bonds is 10. The van der Waals surface area contributed by atoms with Crippen molar-refractivity contribution >= 4 is 27.5 Å². The van der Waals surface area contributed by atoms with Crippen LogP contribution in [0.1, 0.15) is 37.6 Å². The number of nitrogens with zero attached hydrogens (tertiary/aromatic N) is 4. The summed E-state index contributed by atoms with van der Waals surface area (Å²) in [5, 5.41) is 9.51. The Morgan fingerprint density at radius 3 is 2.44 bits per heavy atom. The highest BCUT2D eigenvalue weighted by Crippen LogP contribution is 2.25. The first-order chi connectivity index (χ1) is 16.5. The van der Waals surface area contributed by atoms with E-state index in [1.54, 1.807) is 4.90 Å². The Bertz CT molecular complexity index is 1200.